The number of benzene rings is 1. The summed E-state index contributed by atoms with van der Waals surface area (Å²) in [7, 11) is -1.66. The Bertz CT molecular complexity index is 586. The number of carbonyl (C=O) groups is 1. The van der Waals surface area contributed by atoms with Gasteiger partial charge < -0.3 is 14.8 Å². The van der Waals surface area contributed by atoms with Gasteiger partial charge in [0.1, 0.15) is 11.5 Å². The number of halogens is 1. The summed E-state index contributed by atoms with van der Waals surface area (Å²) in [6.07, 6.45) is -0.733. The molecule has 20 heavy (non-hydrogen) atoms. The minimum atomic E-state index is -3.19. The topological polar surface area (TPSA) is 81.7 Å². The molecule has 0 saturated carbocycles. The van der Waals surface area contributed by atoms with Crippen molar-refractivity contribution in [3.8, 4) is 11.5 Å². The average molecular weight is 320 g/mol. The van der Waals surface area contributed by atoms with Crippen LogP contribution in [0.25, 0.3) is 0 Å². The largest absolute Gasteiger partial charge is 0.497 e. The lowest BCUT2D eigenvalue weighted by Crippen LogP contribution is -2.42. The maximum atomic E-state index is 11.7. The third-order valence-corrected chi connectivity index (χ3v) is 5.23. The van der Waals surface area contributed by atoms with Crippen molar-refractivity contribution in [2.45, 2.75) is 11.4 Å². The quantitative estimate of drug-likeness (QED) is 0.846. The molecule has 6 nitrogen and oxygen atoms in total. The van der Waals surface area contributed by atoms with Gasteiger partial charge >= 0.3 is 6.09 Å². The molecule has 1 heterocycles. The van der Waals surface area contributed by atoms with E-state index in [0.29, 0.717) is 11.5 Å². The van der Waals surface area contributed by atoms with Gasteiger partial charge in [-0.2, -0.15) is 0 Å². The van der Waals surface area contributed by atoms with Gasteiger partial charge in [-0.05, 0) is 24.3 Å². The average Bonchev–Trinajstić information content (AvgIpc) is 2.63. The first-order valence-corrected chi connectivity index (χ1v) is 8.12. The van der Waals surface area contributed by atoms with E-state index in [1.807, 2.05) is 0 Å². The van der Waals surface area contributed by atoms with Gasteiger partial charge in [0.2, 0.25) is 0 Å². The number of ether oxygens (including phenoxy) is 2. The third kappa shape index (κ3) is 3.77. The molecule has 0 aromatic heterocycles. The first-order valence-electron chi connectivity index (χ1n) is 5.86. The Balaban J connectivity index is 1.92. The van der Waals surface area contributed by atoms with Gasteiger partial charge in [0.05, 0.1) is 30.0 Å². The number of carbonyl (C=O) groups excluding carboxylic acids is 1. The molecule has 0 radical (unpaired) electrons. The minimum Gasteiger partial charge on any atom is -0.497 e. The standard InChI is InChI=1S/C12H14ClNO5S/c1-18-8-2-4-9(5-3-8)19-12(15)14-11-7-20(16,17)6-10(11)13/h2-5,10-11H,6-7H2,1H3,(H,14,15). The monoisotopic (exact) mass is 319 g/mol. The van der Waals surface area contributed by atoms with Gasteiger partial charge in [0.25, 0.3) is 0 Å². The molecule has 0 aliphatic carbocycles. The third-order valence-electron chi connectivity index (χ3n) is 2.86. The minimum absolute atomic E-state index is 0.137. The Kier molecular flexibility index (Phi) is 4.39. The van der Waals surface area contributed by atoms with E-state index in [9.17, 15) is 13.2 Å². The molecule has 0 spiro atoms. The van der Waals surface area contributed by atoms with E-state index < -0.39 is 27.3 Å². The number of hydrogen-bond acceptors (Lipinski definition) is 5. The molecule has 1 amide bonds. The smallest absolute Gasteiger partial charge is 0.412 e. The Labute approximate surface area is 121 Å². The van der Waals surface area contributed by atoms with Gasteiger partial charge in [-0.1, -0.05) is 0 Å². The first-order chi connectivity index (χ1) is 9.39. The predicted molar refractivity (Wildman–Crippen MR) is 74.2 cm³/mol. The molecule has 1 aliphatic heterocycles. The highest BCUT2D eigenvalue weighted by molar-refractivity contribution is 7.91. The number of methoxy groups -OCH3 is 1. The van der Waals surface area contributed by atoms with Gasteiger partial charge in [-0.15, -0.1) is 11.6 Å². The summed E-state index contributed by atoms with van der Waals surface area (Å²) in [6.45, 7) is 0. The molecular formula is C12H14ClNO5S. The number of hydrogen-bond donors (Lipinski definition) is 1. The van der Waals surface area contributed by atoms with Crippen molar-refractivity contribution in [1.29, 1.82) is 0 Å². The van der Waals surface area contributed by atoms with Crippen LogP contribution in [0.2, 0.25) is 0 Å². The highest BCUT2D eigenvalue weighted by Gasteiger charge is 2.37. The summed E-state index contributed by atoms with van der Waals surface area (Å²) in [5, 5.41) is 1.82. The van der Waals surface area contributed by atoms with Crippen molar-refractivity contribution in [1.82, 2.24) is 5.32 Å². The summed E-state index contributed by atoms with van der Waals surface area (Å²) in [6, 6.07) is 5.80. The van der Waals surface area contributed by atoms with E-state index >= 15 is 0 Å². The molecule has 110 valence electrons. The molecule has 1 aromatic carbocycles. The Morgan fingerprint density at radius 2 is 1.85 bits per heavy atom. The zero-order valence-electron chi connectivity index (χ0n) is 10.7. The van der Waals surface area contributed by atoms with Crippen LogP contribution in [0.5, 0.6) is 11.5 Å². The van der Waals surface area contributed by atoms with Crippen LogP contribution in [0.4, 0.5) is 4.79 Å². The lowest BCUT2D eigenvalue weighted by atomic mass is 10.2. The molecule has 1 aliphatic rings. The van der Waals surface area contributed by atoms with Crippen molar-refractivity contribution in [3.05, 3.63) is 24.3 Å². The van der Waals surface area contributed by atoms with Crippen LogP contribution in [0.1, 0.15) is 0 Å². The number of alkyl halides is 1. The summed E-state index contributed by atoms with van der Waals surface area (Å²) >= 11 is 5.88. The van der Waals surface area contributed by atoms with E-state index in [1.165, 1.54) is 7.11 Å². The van der Waals surface area contributed by atoms with Gasteiger partial charge in [-0.25, -0.2) is 13.2 Å². The van der Waals surface area contributed by atoms with Gasteiger partial charge in [0.15, 0.2) is 9.84 Å². The molecule has 1 saturated heterocycles. The first kappa shape index (κ1) is 14.9. The lowest BCUT2D eigenvalue weighted by Gasteiger charge is -2.14. The zero-order chi connectivity index (χ0) is 14.8. The molecule has 1 N–H and O–H groups in total. The van der Waals surface area contributed by atoms with Crippen LogP contribution in [0.3, 0.4) is 0 Å². The fraction of sp³-hybridized carbons (Fsp3) is 0.417. The lowest BCUT2D eigenvalue weighted by molar-refractivity contribution is 0.197. The van der Waals surface area contributed by atoms with Gasteiger partial charge in [-0.3, -0.25) is 0 Å². The number of rotatable bonds is 3. The molecular weight excluding hydrogens is 306 g/mol. The second-order valence-corrected chi connectivity index (χ2v) is 7.12. The number of amides is 1. The van der Waals surface area contributed by atoms with E-state index in [-0.39, 0.29) is 11.5 Å². The van der Waals surface area contributed by atoms with E-state index in [1.54, 1.807) is 24.3 Å². The summed E-state index contributed by atoms with van der Waals surface area (Å²) in [4.78, 5) is 11.7. The van der Waals surface area contributed by atoms with Crippen LogP contribution in [0, 0.1) is 0 Å². The van der Waals surface area contributed by atoms with Crippen molar-refractivity contribution < 1.29 is 22.7 Å². The molecule has 0 bridgehead atoms. The molecule has 2 rings (SSSR count). The van der Waals surface area contributed by atoms with E-state index in [0.717, 1.165) is 0 Å². The fourth-order valence-corrected chi connectivity index (χ4v) is 4.42. The SMILES string of the molecule is COc1ccc(OC(=O)NC2CS(=O)(=O)CC2Cl)cc1. The predicted octanol–water partition coefficient (Wildman–Crippen LogP) is 1.19. The molecule has 2 unspecified atom stereocenters. The molecule has 8 heteroatoms. The highest BCUT2D eigenvalue weighted by Crippen LogP contribution is 2.19. The summed E-state index contributed by atoms with van der Waals surface area (Å²) in [5.41, 5.74) is 0. The van der Waals surface area contributed by atoms with Crippen LogP contribution >= 0.6 is 11.6 Å². The number of nitrogens with one attached hydrogen (secondary N) is 1. The fourth-order valence-electron chi connectivity index (χ4n) is 1.87. The normalized spacial score (nSPS) is 24.1. The zero-order valence-corrected chi connectivity index (χ0v) is 12.3. The Hall–Kier alpha value is -1.47. The Morgan fingerprint density at radius 1 is 1.25 bits per heavy atom. The summed E-state index contributed by atoms with van der Waals surface area (Å²) < 4.78 is 32.8. The van der Waals surface area contributed by atoms with E-state index in [4.69, 9.17) is 21.1 Å². The maximum absolute atomic E-state index is 11.7. The van der Waals surface area contributed by atoms with Crippen LogP contribution in [-0.2, 0) is 9.84 Å². The molecule has 2 atom stereocenters. The Morgan fingerprint density at radius 3 is 2.35 bits per heavy atom. The highest BCUT2D eigenvalue weighted by atomic mass is 35.5. The van der Waals surface area contributed by atoms with Crippen molar-refractivity contribution in [2.24, 2.45) is 0 Å². The molecule has 1 fully saturated rings. The van der Waals surface area contributed by atoms with Crippen LogP contribution in [-0.4, -0.2) is 44.5 Å². The van der Waals surface area contributed by atoms with Crippen LogP contribution in [0.15, 0.2) is 24.3 Å². The van der Waals surface area contributed by atoms with E-state index in [2.05, 4.69) is 5.32 Å². The second-order valence-electron chi connectivity index (χ2n) is 4.41. The van der Waals surface area contributed by atoms with Crippen molar-refractivity contribution in [3.63, 3.8) is 0 Å². The second kappa shape index (κ2) is 5.88. The van der Waals surface area contributed by atoms with Gasteiger partial charge in [0, 0.05) is 0 Å². The van der Waals surface area contributed by atoms with Crippen molar-refractivity contribution >= 4 is 27.5 Å². The summed E-state index contributed by atoms with van der Waals surface area (Å²) in [5.74, 6) is 0.664. The number of sulfone groups is 1. The van der Waals surface area contributed by atoms with Crippen LogP contribution < -0.4 is 14.8 Å². The van der Waals surface area contributed by atoms with Crippen molar-refractivity contribution in [2.75, 3.05) is 18.6 Å². The molecule has 1 aromatic rings. The maximum Gasteiger partial charge on any atom is 0.412 e.